The fraction of sp³-hybridized carbons (Fsp3) is 0.333. The van der Waals surface area contributed by atoms with E-state index in [9.17, 15) is 0 Å². The summed E-state index contributed by atoms with van der Waals surface area (Å²) < 4.78 is 0. The lowest BCUT2D eigenvalue weighted by Crippen LogP contribution is -2.22. The summed E-state index contributed by atoms with van der Waals surface area (Å²) in [5.74, 6) is 0. The molecule has 0 saturated heterocycles. The van der Waals surface area contributed by atoms with Gasteiger partial charge < -0.3 is 10.4 Å². The van der Waals surface area contributed by atoms with Gasteiger partial charge in [-0.05, 0) is 18.1 Å². The Morgan fingerprint density at radius 3 is 2.86 bits per heavy atom. The Morgan fingerprint density at radius 1 is 1.50 bits per heavy atom. The molecule has 0 aliphatic heterocycles. The van der Waals surface area contributed by atoms with Gasteiger partial charge in [-0.1, -0.05) is 30.3 Å². The summed E-state index contributed by atoms with van der Waals surface area (Å²) in [4.78, 5) is 0. The molecule has 14 heavy (non-hydrogen) atoms. The summed E-state index contributed by atoms with van der Waals surface area (Å²) in [5, 5.41) is 12.2. The van der Waals surface area contributed by atoms with Crippen LogP contribution in [-0.4, -0.2) is 11.1 Å². The van der Waals surface area contributed by atoms with Crippen LogP contribution >= 0.6 is 0 Å². The average Bonchev–Trinajstić information content (AvgIpc) is 2.26. The van der Waals surface area contributed by atoms with Crippen LogP contribution in [0.25, 0.3) is 0 Å². The molecule has 1 aromatic rings. The Balaban J connectivity index is 2.54. The van der Waals surface area contributed by atoms with Crippen molar-refractivity contribution in [1.82, 2.24) is 5.32 Å². The lowest BCUT2D eigenvalue weighted by atomic mass is 10.1. The zero-order valence-electron chi connectivity index (χ0n) is 8.53. The van der Waals surface area contributed by atoms with Crippen LogP contribution in [0.4, 0.5) is 0 Å². The smallest absolute Gasteiger partial charge is 0.0681 e. The van der Waals surface area contributed by atoms with Gasteiger partial charge in [-0.3, -0.25) is 0 Å². The largest absolute Gasteiger partial charge is 0.392 e. The van der Waals surface area contributed by atoms with Crippen LogP contribution in [0.15, 0.2) is 36.9 Å². The van der Waals surface area contributed by atoms with Crippen LogP contribution in [-0.2, 0) is 13.2 Å². The van der Waals surface area contributed by atoms with Crippen LogP contribution in [0.3, 0.4) is 0 Å². The first kappa shape index (κ1) is 11.0. The van der Waals surface area contributed by atoms with Gasteiger partial charge in [-0.2, -0.15) is 0 Å². The van der Waals surface area contributed by atoms with Crippen molar-refractivity contribution in [2.24, 2.45) is 0 Å². The van der Waals surface area contributed by atoms with Crippen molar-refractivity contribution in [3.05, 3.63) is 48.0 Å². The highest BCUT2D eigenvalue weighted by Gasteiger charge is 1.97. The van der Waals surface area contributed by atoms with E-state index in [1.165, 1.54) is 5.56 Å². The number of benzene rings is 1. The molecule has 0 spiro atoms. The summed E-state index contributed by atoms with van der Waals surface area (Å²) in [6.45, 7) is 6.67. The van der Waals surface area contributed by atoms with Gasteiger partial charge in [0.25, 0.3) is 0 Å². The van der Waals surface area contributed by atoms with Crippen molar-refractivity contribution >= 4 is 0 Å². The maximum absolute atomic E-state index is 8.95. The third-order valence-electron chi connectivity index (χ3n) is 2.16. The van der Waals surface area contributed by atoms with Crippen LogP contribution in [0.5, 0.6) is 0 Å². The molecule has 0 aliphatic carbocycles. The summed E-state index contributed by atoms with van der Waals surface area (Å²) in [6.07, 6.45) is 1.87. The van der Waals surface area contributed by atoms with Crippen molar-refractivity contribution in [1.29, 1.82) is 0 Å². The molecule has 0 bridgehead atoms. The molecule has 0 saturated carbocycles. The molecule has 0 aromatic heterocycles. The number of rotatable bonds is 5. The third kappa shape index (κ3) is 3.32. The normalized spacial score (nSPS) is 12.4. The molecule has 1 atom stereocenters. The van der Waals surface area contributed by atoms with Crippen LogP contribution < -0.4 is 5.32 Å². The fourth-order valence-corrected chi connectivity index (χ4v) is 1.20. The molecule has 0 fully saturated rings. The molecule has 2 heteroatoms. The van der Waals surface area contributed by atoms with Gasteiger partial charge in [0, 0.05) is 12.6 Å². The summed E-state index contributed by atoms with van der Waals surface area (Å²) in [7, 11) is 0. The molecule has 1 unspecified atom stereocenters. The summed E-state index contributed by atoms with van der Waals surface area (Å²) in [5.41, 5.74) is 2.14. The number of hydrogen-bond donors (Lipinski definition) is 2. The Bertz CT molecular complexity index is 296. The lowest BCUT2D eigenvalue weighted by Gasteiger charge is -2.09. The van der Waals surface area contributed by atoms with Gasteiger partial charge >= 0.3 is 0 Å². The van der Waals surface area contributed by atoms with Crippen molar-refractivity contribution < 1.29 is 5.11 Å². The van der Waals surface area contributed by atoms with Crippen molar-refractivity contribution in [3.8, 4) is 0 Å². The van der Waals surface area contributed by atoms with Gasteiger partial charge in [0.2, 0.25) is 0 Å². The Kier molecular flexibility index (Phi) is 4.36. The van der Waals surface area contributed by atoms with E-state index in [0.29, 0.717) is 6.04 Å². The Morgan fingerprint density at radius 2 is 2.21 bits per heavy atom. The first-order chi connectivity index (χ1) is 6.76. The van der Waals surface area contributed by atoms with Crippen molar-refractivity contribution in [3.63, 3.8) is 0 Å². The van der Waals surface area contributed by atoms with E-state index in [1.54, 1.807) is 0 Å². The van der Waals surface area contributed by atoms with E-state index in [0.717, 1.165) is 12.1 Å². The van der Waals surface area contributed by atoms with E-state index >= 15 is 0 Å². The first-order valence-electron chi connectivity index (χ1n) is 4.81. The lowest BCUT2D eigenvalue weighted by molar-refractivity contribution is 0.281. The van der Waals surface area contributed by atoms with Crippen LogP contribution in [0.2, 0.25) is 0 Å². The zero-order chi connectivity index (χ0) is 10.4. The molecule has 1 rings (SSSR count). The van der Waals surface area contributed by atoms with Gasteiger partial charge in [0.05, 0.1) is 6.61 Å². The van der Waals surface area contributed by atoms with E-state index < -0.39 is 0 Å². The average molecular weight is 191 g/mol. The molecule has 2 N–H and O–H groups in total. The molecular formula is C12H17NO. The highest BCUT2D eigenvalue weighted by atomic mass is 16.3. The Hall–Kier alpha value is -1.12. The highest BCUT2D eigenvalue weighted by Crippen LogP contribution is 2.05. The number of nitrogens with one attached hydrogen (secondary N) is 1. The second-order valence-electron chi connectivity index (χ2n) is 3.38. The monoisotopic (exact) mass is 191 g/mol. The van der Waals surface area contributed by atoms with Crippen molar-refractivity contribution in [2.45, 2.75) is 26.1 Å². The van der Waals surface area contributed by atoms with Gasteiger partial charge in [-0.15, -0.1) is 6.58 Å². The minimum absolute atomic E-state index is 0.102. The predicted octanol–water partition coefficient (Wildman–Crippen LogP) is 1.84. The van der Waals surface area contributed by atoms with Crippen LogP contribution in [0, 0.1) is 0 Å². The predicted molar refractivity (Wildman–Crippen MR) is 58.9 cm³/mol. The van der Waals surface area contributed by atoms with Gasteiger partial charge in [-0.25, -0.2) is 0 Å². The highest BCUT2D eigenvalue weighted by molar-refractivity contribution is 5.22. The van der Waals surface area contributed by atoms with E-state index in [2.05, 4.69) is 18.8 Å². The first-order valence-corrected chi connectivity index (χ1v) is 4.81. The standard InChI is InChI=1S/C12H17NO/c1-3-10(2)13-8-11-5-4-6-12(7-11)9-14/h3-7,10,13-14H,1,8-9H2,2H3. The quantitative estimate of drug-likeness (QED) is 0.696. The number of hydrogen-bond acceptors (Lipinski definition) is 2. The minimum Gasteiger partial charge on any atom is -0.392 e. The second kappa shape index (κ2) is 5.58. The van der Waals surface area contributed by atoms with Gasteiger partial charge in [0.15, 0.2) is 0 Å². The molecule has 1 aromatic carbocycles. The maximum atomic E-state index is 8.95. The number of aliphatic hydroxyl groups is 1. The second-order valence-corrected chi connectivity index (χ2v) is 3.38. The third-order valence-corrected chi connectivity index (χ3v) is 2.16. The molecule has 0 amide bonds. The Labute approximate surface area is 85.3 Å². The molecule has 0 radical (unpaired) electrons. The van der Waals surface area contributed by atoms with Crippen molar-refractivity contribution in [2.75, 3.05) is 0 Å². The van der Waals surface area contributed by atoms with E-state index in [4.69, 9.17) is 5.11 Å². The summed E-state index contributed by atoms with van der Waals surface area (Å²) >= 11 is 0. The molecule has 0 aliphatic rings. The summed E-state index contributed by atoms with van der Waals surface area (Å²) in [6, 6.07) is 8.24. The molecule has 2 nitrogen and oxygen atoms in total. The van der Waals surface area contributed by atoms with E-state index in [1.807, 2.05) is 30.3 Å². The fourth-order valence-electron chi connectivity index (χ4n) is 1.20. The molecular weight excluding hydrogens is 174 g/mol. The zero-order valence-corrected chi connectivity index (χ0v) is 8.53. The number of aliphatic hydroxyl groups excluding tert-OH is 1. The maximum Gasteiger partial charge on any atom is 0.0681 e. The molecule has 76 valence electrons. The van der Waals surface area contributed by atoms with E-state index in [-0.39, 0.29) is 6.61 Å². The van der Waals surface area contributed by atoms with Crippen LogP contribution in [0.1, 0.15) is 18.1 Å². The topological polar surface area (TPSA) is 32.3 Å². The molecule has 0 heterocycles. The minimum atomic E-state index is 0.102. The van der Waals surface area contributed by atoms with Gasteiger partial charge in [0.1, 0.15) is 0 Å². The SMILES string of the molecule is C=CC(C)NCc1cccc(CO)c1.